The molecule has 154 valence electrons. The summed E-state index contributed by atoms with van der Waals surface area (Å²) in [7, 11) is 1.29. The van der Waals surface area contributed by atoms with Crippen LogP contribution in [0.4, 0.5) is 22.0 Å². The van der Waals surface area contributed by atoms with Gasteiger partial charge in [0.25, 0.3) is 5.91 Å². The van der Waals surface area contributed by atoms with Crippen LogP contribution in [0.5, 0.6) is 5.75 Å². The van der Waals surface area contributed by atoms with Crippen molar-refractivity contribution in [3.05, 3.63) is 65.7 Å². The second kappa shape index (κ2) is 7.11. The van der Waals surface area contributed by atoms with Crippen molar-refractivity contribution in [1.29, 1.82) is 0 Å². The van der Waals surface area contributed by atoms with E-state index in [0.29, 0.717) is 0 Å². The zero-order chi connectivity index (χ0) is 21.4. The van der Waals surface area contributed by atoms with Crippen molar-refractivity contribution in [2.24, 2.45) is 5.10 Å². The fraction of sp³-hybridized carbons (Fsp3) is 0.263. The standard InChI is InChI=1S/C19H15F5N2O3/c1-29-14-9-5-8-13(10-14)16(27)26-17(28,18(20,21)19(22,23)24)11-15(25-26)12-6-3-2-4-7-12/h2-10,28H,11H2,1H3/t17-/m0/s1. The highest BCUT2D eigenvalue weighted by atomic mass is 19.4. The number of ether oxygens (including phenoxy) is 1. The Kier molecular flexibility index (Phi) is 5.08. The number of carbonyl (C=O) groups excluding carboxylic acids is 1. The number of amides is 1. The summed E-state index contributed by atoms with van der Waals surface area (Å²) in [5, 5.41) is 13.9. The molecule has 0 aliphatic carbocycles. The molecule has 1 atom stereocenters. The molecule has 1 heterocycles. The van der Waals surface area contributed by atoms with Crippen molar-refractivity contribution in [2.75, 3.05) is 7.11 Å². The van der Waals surface area contributed by atoms with Crippen LogP contribution in [0.2, 0.25) is 0 Å². The van der Waals surface area contributed by atoms with Gasteiger partial charge in [0.15, 0.2) is 0 Å². The van der Waals surface area contributed by atoms with Gasteiger partial charge in [0.05, 0.1) is 12.8 Å². The van der Waals surface area contributed by atoms with E-state index in [2.05, 4.69) is 5.10 Å². The third kappa shape index (κ3) is 3.44. The smallest absolute Gasteiger partial charge is 0.458 e. The van der Waals surface area contributed by atoms with Crippen molar-refractivity contribution in [3.8, 4) is 5.75 Å². The maximum absolute atomic E-state index is 14.3. The molecule has 0 spiro atoms. The summed E-state index contributed by atoms with van der Waals surface area (Å²) in [5.41, 5.74) is -4.30. The molecule has 1 aliphatic heterocycles. The van der Waals surface area contributed by atoms with Crippen LogP contribution in [0.25, 0.3) is 0 Å². The summed E-state index contributed by atoms with van der Waals surface area (Å²) in [4.78, 5) is 12.8. The van der Waals surface area contributed by atoms with Gasteiger partial charge in [-0.1, -0.05) is 36.4 Å². The molecule has 29 heavy (non-hydrogen) atoms. The highest BCUT2D eigenvalue weighted by Gasteiger charge is 2.75. The number of hydrogen-bond donors (Lipinski definition) is 1. The number of methoxy groups -OCH3 is 1. The summed E-state index contributed by atoms with van der Waals surface area (Å²) in [6.07, 6.45) is -7.32. The monoisotopic (exact) mass is 414 g/mol. The third-order valence-corrected chi connectivity index (χ3v) is 4.46. The van der Waals surface area contributed by atoms with Crippen LogP contribution in [0.1, 0.15) is 22.3 Å². The Morgan fingerprint density at radius 3 is 2.34 bits per heavy atom. The topological polar surface area (TPSA) is 62.1 Å². The molecule has 5 nitrogen and oxygen atoms in total. The first kappa shape index (κ1) is 20.7. The minimum atomic E-state index is -6.11. The number of benzene rings is 2. The number of hydrazone groups is 1. The van der Waals surface area contributed by atoms with E-state index in [1.807, 2.05) is 0 Å². The van der Waals surface area contributed by atoms with Gasteiger partial charge in [0.2, 0.25) is 5.72 Å². The molecule has 0 saturated heterocycles. The Morgan fingerprint density at radius 1 is 1.10 bits per heavy atom. The zero-order valence-electron chi connectivity index (χ0n) is 15.0. The van der Waals surface area contributed by atoms with Gasteiger partial charge in [-0.3, -0.25) is 4.79 Å². The van der Waals surface area contributed by atoms with Crippen LogP contribution in [0.3, 0.4) is 0 Å². The Balaban J connectivity index is 2.11. The first-order chi connectivity index (χ1) is 13.5. The zero-order valence-corrected chi connectivity index (χ0v) is 15.0. The molecule has 0 unspecified atom stereocenters. The number of alkyl halides is 5. The van der Waals surface area contributed by atoms with Gasteiger partial charge in [-0.15, -0.1) is 0 Å². The predicted octanol–water partition coefficient (Wildman–Crippen LogP) is 3.83. The van der Waals surface area contributed by atoms with E-state index in [1.54, 1.807) is 6.07 Å². The Morgan fingerprint density at radius 2 is 1.76 bits per heavy atom. The number of carbonyl (C=O) groups is 1. The molecule has 2 aromatic carbocycles. The number of halogens is 5. The second-order valence-electron chi connectivity index (χ2n) is 6.33. The Labute approximate surface area is 162 Å². The molecule has 2 aromatic rings. The molecule has 10 heteroatoms. The molecule has 1 amide bonds. The van der Waals surface area contributed by atoms with Crippen molar-refractivity contribution >= 4 is 11.6 Å². The molecular formula is C19H15F5N2O3. The lowest BCUT2D eigenvalue weighted by Crippen LogP contribution is -2.64. The summed E-state index contributed by atoms with van der Waals surface area (Å²) in [6.45, 7) is 0. The normalized spacial score (nSPS) is 19.8. The third-order valence-electron chi connectivity index (χ3n) is 4.46. The Hall–Kier alpha value is -3.01. The van der Waals surface area contributed by atoms with E-state index in [1.165, 1.54) is 49.6 Å². The van der Waals surface area contributed by atoms with E-state index in [-0.39, 0.29) is 27.6 Å². The van der Waals surface area contributed by atoms with Crippen molar-refractivity contribution in [1.82, 2.24) is 5.01 Å². The first-order valence-electron chi connectivity index (χ1n) is 8.29. The molecule has 3 rings (SSSR count). The number of rotatable bonds is 4. The lowest BCUT2D eigenvalue weighted by Gasteiger charge is -2.38. The molecular weight excluding hydrogens is 399 g/mol. The molecule has 0 radical (unpaired) electrons. The van der Waals surface area contributed by atoms with Gasteiger partial charge in [0.1, 0.15) is 5.75 Å². The largest absolute Gasteiger partial charge is 0.497 e. The van der Waals surface area contributed by atoms with Gasteiger partial charge in [-0.05, 0) is 23.8 Å². The van der Waals surface area contributed by atoms with Gasteiger partial charge in [-0.2, -0.15) is 32.1 Å². The average Bonchev–Trinajstić information content (AvgIpc) is 3.06. The van der Waals surface area contributed by atoms with Gasteiger partial charge in [-0.25, -0.2) is 0 Å². The summed E-state index contributed by atoms with van der Waals surface area (Å²) >= 11 is 0. The summed E-state index contributed by atoms with van der Waals surface area (Å²) < 4.78 is 72.9. The highest BCUT2D eigenvalue weighted by Crippen LogP contribution is 2.49. The van der Waals surface area contributed by atoms with Crippen molar-refractivity contribution in [2.45, 2.75) is 24.2 Å². The maximum Gasteiger partial charge on any atom is 0.458 e. The van der Waals surface area contributed by atoms with Crippen LogP contribution >= 0.6 is 0 Å². The first-order valence-corrected chi connectivity index (χ1v) is 8.29. The lowest BCUT2D eigenvalue weighted by molar-refractivity contribution is -0.362. The van der Waals surface area contributed by atoms with Crippen molar-refractivity contribution in [3.63, 3.8) is 0 Å². The van der Waals surface area contributed by atoms with Gasteiger partial charge >= 0.3 is 12.1 Å². The van der Waals surface area contributed by atoms with E-state index < -0.39 is 30.2 Å². The molecule has 0 saturated carbocycles. The van der Waals surface area contributed by atoms with Crippen LogP contribution < -0.4 is 4.74 Å². The van der Waals surface area contributed by atoms with Crippen LogP contribution in [-0.4, -0.2) is 46.7 Å². The van der Waals surface area contributed by atoms with E-state index in [4.69, 9.17) is 4.74 Å². The SMILES string of the molecule is COc1cccc(C(=O)N2N=C(c3ccccc3)C[C@]2(O)C(F)(F)C(F)(F)F)c1. The molecule has 1 N–H and O–H groups in total. The number of hydrogen-bond acceptors (Lipinski definition) is 4. The van der Waals surface area contributed by atoms with Gasteiger partial charge in [0, 0.05) is 12.0 Å². The minimum absolute atomic E-state index is 0.174. The fourth-order valence-electron chi connectivity index (χ4n) is 2.90. The number of aliphatic hydroxyl groups is 1. The molecule has 1 aliphatic rings. The van der Waals surface area contributed by atoms with E-state index in [9.17, 15) is 31.9 Å². The minimum Gasteiger partial charge on any atom is -0.497 e. The van der Waals surface area contributed by atoms with Crippen molar-refractivity contribution < 1.29 is 36.6 Å². The highest BCUT2D eigenvalue weighted by molar-refractivity contribution is 6.05. The molecule has 0 fully saturated rings. The van der Waals surface area contributed by atoms with Crippen LogP contribution in [0.15, 0.2) is 59.7 Å². The summed E-state index contributed by atoms with van der Waals surface area (Å²) in [6, 6.07) is 12.6. The quantitative estimate of drug-likeness (QED) is 0.774. The van der Waals surface area contributed by atoms with Crippen LogP contribution in [0, 0.1) is 0 Å². The lowest BCUT2D eigenvalue weighted by atomic mass is 9.95. The number of nitrogens with zero attached hydrogens (tertiary/aromatic N) is 2. The predicted molar refractivity (Wildman–Crippen MR) is 92.7 cm³/mol. The molecule has 0 bridgehead atoms. The van der Waals surface area contributed by atoms with Gasteiger partial charge < -0.3 is 9.84 Å². The summed E-state index contributed by atoms with van der Waals surface area (Å²) in [5.74, 6) is -6.80. The molecule has 0 aromatic heterocycles. The van der Waals surface area contributed by atoms with Crippen LogP contribution in [-0.2, 0) is 0 Å². The Bertz CT molecular complexity index is 946. The van der Waals surface area contributed by atoms with E-state index in [0.717, 1.165) is 6.07 Å². The van der Waals surface area contributed by atoms with E-state index >= 15 is 0 Å². The average molecular weight is 414 g/mol. The second-order valence-corrected chi connectivity index (χ2v) is 6.33. The fourth-order valence-corrected chi connectivity index (χ4v) is 2.90. The maximum atomic E-state index is 14.3.